The number of anilines is 1. The highest BCUT2D eigenvalue weighted by molar-refractivity contribution is 6.34. The molecule has 6 heteroatoms. The van der Waals surface area contributed by atoms with Crippen molar-refractivity contribution in [1.82, 2.24) is 5.32 Å². The predicted octanol–water partition coefficient (Wildman–Crippen LogP) is 1.98. The lowest BCUT2D eigenvalue weighted by Gasteiger charge is -2.37. The molecule has 20 heavy (non-hydrogen) atoms. The predicted molar refractivity (Wildman–Crippen MR) is 77.2 cm³/mol. The standard InChI is InChI=1S/C14H17ClN2O3/c1-4-11-14(19)17(8(2)13(18)16-11)12-7-9(20-3)5-6-10(12)15/h5-8,11H,4H2,1-3H3,(H,16,18). The van der Waals surface area contributed by atoms with E-state index in [0.29, 0.717) is 22.9 Å². The van der Waals surface area contributed by atoms with E-state index in [9.17, 15) is 9.59 Å². The molecular weight excluding hydrogens is 280 g/mol. The Balaban J connectivity index is 2.47. The first-order chi connectivity index (χ1) is 9.49. The molecule has 108 valence electrons. The first-order valence-corrected chi connectivity index (χ1v) is 6.84. The number of hydrogen-bond donors (Lipinski definition) is 1. The zero-order valence-corrected chi connectivity index (χ0v) is 12.4. The fraction of sp³-hybridized carbons (Fsp3) is 0.429. The zero-order valence-electron chi connectivity index (χ0n) is 11.6. The van der Waals surface area contributed by atoms with E-state index in [1.54, 1.807) is 25.1 Å². The molecule has 0 radical (unpaired) electrons. The van der Waals surface area contributed by atoms with Crippen LogP contribution < -0.4 is 15.0 Å². The summed E-state index contributed by atoms with van der Waals surface area (Å²) in [6.45, 7) is 3.53. The van der Waals surface area contributed by atoms with Gasteiger partial charge in [-0.3, -0.25) is 14.5 Å². The summed E-state index contributed by atoms with van der Waals surface area (Å²) in [7, 11) is 1.54. The van der Waals surface area contributed by atoms with Crippen LogP contribution in [0.25, 0.3) is 0 Å². The van der Waals surface area contributed by atoms with Gasteiger partial charge in [0.2, 0.25) is 11.8 Å². The van der Waals surface area contributed by atoms with E-state index in [1.165, 1.54) is 12.0 Å². The Morgan fingerprint density at radius 3 is 2.70 bits per heavy atom. The molecule has 1 aliphatic heterocycles. The molecule has 2 amide bonds. The maximum absolute atomic E-state index is 12.5. The third-order valence-corrected chi connectivity index (χ3v) is 3.76. The van der Waals surface area contributed by atoms with E-state index in [4.69, 9.17) is 16.3 Å². The Bertz CT molecular complexity index is 547. The maximum atomic E-state index is 12.5. The van der Waals surface area contributed by atoms with E-state index in [0.717, 1.165) is 0 Å². The molecule has 0 saturated carbocycles. The van der Waals surface area contributed by atoms with Crippen LogP contribution in [0.4, 0.5) is 5.69 Å². The Hall–Kier alpha value is -1.75. The van der Waals surface area contributed by atoms with Crippen molar-refractivity contribution >= 4 is 29.1 Å². The van der Waals surface area contributed by atoms with E-state index in [2.05, 4.69) is 5.32 Å². The van der Waals surface area contributed by atoms with Crippen LogP contribution >= 0.6 is 11.6 Å². The molecule has 5 nitrogen and oxygen atoms in total. The van der Waals surface area contributed by atoms with E-state index in [-0.39, 0.29) is 11.8 Å². The van der Waals surface area contributed by atoms with Gasteiger partial charge >= 0.3 is 0 Å². The summed E-state index contributed by atoms with van der Waals surface area (Å²) < 4.78 is 5.15. The number of rotatable bonds is 3. The summed E-state index contributed by atoms with van der Waals surface area (Å²) >= 11 is 6.17. The lowest BCUT2D eigenvalue weighted by Crippen LogP contribution is -2.62. The number of nitrogens with one attached hydrogen (secondary N) is 1. The van der Waals surface area contributed by atoms with Crippen molar-refractivity contribution in [2.24, 2.45) is 0 Å². The number of nitrogens with zero attached hydrogens (tertiary/aromatic N) is 1. The summed E-state index contributed by atoms with van der Waals surface area (Å²) in [6, 6.07) is 3.92. The lowest BCUT2D eigenvalue weighted by molar-refractivity contribution is -0.133. The number of carbonyl (C=O) groups is 2. The number of carbonyl (C=O) groups excluding carboxylic acids is 2. The number of halogens is 1. The number of amides is 2. The van der Waals surface area contributed by atoms with Gasteiger partial charge in [-0.25, -0.2) is 0 Å². The van der Waals surface area contributed by atoms with Gasteiger partial charge in [-0.2, -0.15) is 0 Å². The van der Waals surface area contributed by atoms with Crippen molar-refractivity contribution in [3.05, 3.63) is 23.2 Å². The van der Waals surface area contributed by atoms with Crippen LogP contribution in [0.1, 0.15) is 20.3 Å². The molecule has 2 rings (SSSR count). The molecule has 1 aromatic carbocycles. The summed E-state index contributed by atoms with van der Waals surface area (Å²) in [6.07, 6.45) is 0.537. The van der Waals surface area contributed by atoms with Crippen molar-refractivity contribution in [3.8, 4) is 5.75 Å². The summed E-state index contributed by atoms with van der Waals surface area (Å²) in [5.41, 5.74) is 0.497. The van der Waals surface area contributed by atoms with Crippen molar-refractivity contribution in [1.29, 1.82) is 0 Å². The SMILES string of the molecule is CCC1NC(=O)C(C)N(c2cc(OC)ccc2Cl)C1=O. The first-order valence-electron chi connectivity index (χ1n) is 6.46. The molecule has 1 aliphatic rings. The van der Waals surface area contributed by atoms with Crippen molar-refractivity contribution in [2.75, 3.05) is 12.0 Å². The van der Waals surface area contributed by atoms with Gasteiger partial charge in [0, 0.05) is 6.07 Å². The maximum Gasteiger partial charge on any atom is 0.250 e. The van der Waals surface area contributed by atoms with Crippen LogP contribution in [-0.2, 0) is 9.59 Å². The molecular formula is C14H17ClN2O3. The molecule has 2 unspecified atom stereocenters. The Morgan fingerprint density at radius 1 is 1.40 bits per heavy atom. The normalized spacial score (nSPS) is 22.7. The van der Waals surface area contributed by atoms with Crippen molar-refractivity contribution < 1.29 is 14.3 Å². The third kappa shape index (κ3) is 2.45. The fourth-order valence-corrected chi connectivity index (χ4v) is 2.45. The average molecular weight is 297 g/mol. The smallest absolute Gasteiger partial charge is 0.250 e. The summed E-state index contributed by atoms with van der Waals surface area (Å²) in [4.78, 5) is 25.9. The van der Waals surface area contributed by atoms with E-state index < -0.39 is 12.1 Å². The molecule has 1 fully saturated rings. The van der Waals surface area contributed by atoms with Crippen LogP contribution in [-0.4, -0.2) is 31.0 Å². The quantitative estimate of drug-likeness (QED) is 0.928. The number of ether oxygens (including phenoxy) is 1. The summed E-state index contributed by atoms with van der Waals surface area (Å²) in [5, 5.41) is 3.12. The first kappa shape index (κ1) is 14.7. The van der Waals surface area contributed by atoms with Gasteiger partial charge in [0.05, 0.1) is 17.8 Å². The van der Waals surface area contributed by atoms with Crippen LogP contribution in [0.3, 0.4) is 0 Å². The monoisotopic (exact) mass is 296 g/mol. The number of methoxy groups -OCH3 is 1. The molecule has 1 aromatic rings. The Kier molecular flexibility index (Phi) is 4.18. The third-order valence-electron chi connectivity index (χ3n) is 3.44. The second kappa shape index (κ2) is 5.71. The highest BCUT2D eigenvalue weighted by Crippen LogP contribution is 2.33. The van der Waals surface area contributed by atoms with Crippen molar-refractivity contribution in [3.63, 3.8) is 0 Å². The van der Waals surface area contributed by atoms with Crippen LogP contribution in [0.15, 0.2) is 18.2 Å². The van der Waals surface area contributed by atoms with Crippen LogP contribution in [0, 0.1) is 0 Å². The summed E-state index contributed by atoms with van der Waals surface area (Å²) in [5.74, 6) is 0.244. The average Bonchev–Trinajstić information content (AvgIpc) is 2.45. The molecule has 1 saturated heterocycles. The second-order valence-electron chi connectivity index (χ2n) is 4.67. The number of piperazine rings is 1. The zero-order chi connectivity index (χ0) is 14.9. The van der Waals surface area contributed by atoms with Gasteiger partial charge in [0.15, 0.2) is 0 Å². The highest BCUT2D eigenvalue weighted by atomic mass is 35.5. The Labute approximate surface area is 122 Å². The van der Waals surface area contributed by atoms with Crippen LogP contribution in [0.2, 0.25) is 5.02 Å². The number of hydrogen-bond acceptors (Lipinski definition) is 3. The molecule has 0 aliphatic carbocycles. The molecule has 1 N–H and O–H groups in total. The molecule has 0 aromatic heterocycles. The van der Waals surface area contributed by atoms with Crippen LogP contribution in [0.5, 0.6) is 5.75 Å². The number of benzene rings is 1. The van der Waals surface area contributed by atoms with Gasteiger partial charge in [-0.1, -0.05) is 18.5 Å². The van der Waals surface area contributed by atoms with E-state index >= 15 is 0 Å². The van der Waals surface area contributed by atoms with Gasteiger partial charge in [-0.05, 0) is 25.5 Å². The Morgan fingerprint density at radius 2 is 2.10 bits per heavy atom. The molecule has 0 spiro atoms. The fourth-order valence-electron chi connectivity index (χ4n) is 2.24. The minimum atomic E-state index is -0.602. The lowest BCUT2D eigenvalue weighted by atomic mass is 10.1. The van der Waals surface area contributed by atoms with Gasteiger partial charge < -0.3 is 10.1 Å². The largest absolute Gasteiger partial charge is 0.497 e. The molecule has 2 atom stereocenters. The van der Waals surface area contributed by atoms with Gasteiger partial charge in [0.1, 0.15) is 17.8 Å². The minimum absolute atomic E-state index is 0.158. The van der Waals surface area contributed by atoms with E-state index in [1.807, 2.05) is 6.92 Å². The highest BCUT2D eigenvalue weighted by Gasteiger charge is 2.38. The van der Waals surface area contributed by atoms with Gasteiger partial charge in [-0.15, -0.1) is 0 Å². The molecule has 1 heterocycles. The van der Waals surface area contributed by atoms with Gasteiger partial charge in [0.25, 0.3) is 0 Å². The second-order valence-corrected chi connectivity index (χ2v) is 5.08. The topological polar surface area (TPSA) is 58.6 Å². The molecule has 0 bridgehead atoms. The van der Waals surface area contributed by atoms with Crippen molar-refractivity contribution in [2.45, 2.75) is 32.4 Å². The minimum Gasteiger partial charge on any atom is -0.497 e.